The highest BCUT2D eigenvalue weighted by Crippen LogP contribution is 2.24. The molecule has 1 aromatic heterocycles. The Kier molecular flexibility index (Phi) is 4.32. The Labute approximate surface area is 115 Å². The Morgan fingerprint density at radius 1 is 1.42 bits per heavy atom. The van der Waals surface area contributed by atoms with Crippen molar-refractivity contribution in [2.45, 2.75) is 20.3 Å². The lowest BCUT2D eigenvalue weighted by molar-refractivity contribution is 0.101. The number of hydrogen-bond donors (Lipinski definition) is 0. The van der Waals surface area contributed by atoms with Crippen molar-refractivity contribution in [3.05, 3.63) is 51.5 Å². The lowest BCUT2D eigenvalue weighted by Crippen LogP contribution is -2.06. The summed E-state index contributed by atoms with van der Waals surface area (Å²) < 4.78 is 19.1. The second-order valence-corrected chi connectivity index (χ2v) is 5.36. The van der Waals surface area contributed by atoms with Crippen LogP contribution in [0.3, 0.4) is 0 Å². The van der Waals surface area contributed by atoms with Gasteiger partial charge in [-0.2, -0.15) is 0 Å². The number of carbonyl (C=O) groups is 1. The first-order valence-corrected chi connectivity index (χ1v) is 6.92. The third-order valence-electron chi connectivity index (χ3n) is 2.83. The van der Waals surface area contributed by atoms with Crippen molar-refractivity contribution in [1.29, 1.82) is 0 Å². The number of carbonyl (C=O) groups excluding carboxylic acids is 1. The fourth-order valence-electron chi connectivity index (χ4n) is 1.77. The van der Waals surface area contributed by atoms with E-state index in [4.69, 9.17) is 4.74 Å². The van der Waals surface area contributed by atoms with Crippen LogP contribution >= 0.6 is 11.3 Å². The third kappa shape index (κ3) is 3.41. The zero-order valence-corrected chi connectivity index (χ0v) is 11.7. The predicted molar refractivity (Wildman–Crippen MR) is 74.7 cm³/mol. The van der Waals surface area contributed by atoms with Gasteiger partial charge in [0.1, 0.15) is 11.6 Å². The molecular formula is C15H15FO2S. The number of ketones is 1. The average molecular weight is 278 g/mol. The van der Waals surface area contributed by atoms with E-state index in [2.05, 4.69) is 0 Å². The van der Waals surface area contributed by atoms with Crippen molar-refractivity contribution < 1.29 is 13.9 Å². The SMILES string of the molecule is CC(=O)c1cc(F)c(C)cc1OCCc1cccs1. The van der Waals surface area contributed by atoms with E-state index >= 15 is 0 Å². The smallest absolute Gasteiger partial charge is 0.163 e. The van der Waals surface area contributed by atoms with Crippen LogP contribution in [-0.2, 0) is 6.42 Å². The summed E-state index contributed by atoms with van der Waals surface area (Å²) in [4.78, 5) is 12.7. The minimum atomic E-state index is -0.379. The molecule has 0 atom stereocenters. The van der Waals surface area contributed by atoms with E-state index in [1.807, 2.05) is 17.5 Å². The van der Waals surface area contributed by atoms with Gasteiger partial charge in [0.2, 0.25) is 0 Å². The predicted octanol–water partition coefficient (Wildman–Crippen LogP) is 4.02. The summed E-state index contributed by atoms with van der Waals surface area (Å²) in [5.74, 6) is -0.108. The second kappa shape index (κ2) is 5.97. The maximum atomic E-state index is 13.5. The summed E-state index contributed by atoms with van der Waals surface area (Å²) in [6.07, 6.45) is 0.783. The number of Topliss-reactive ketones (excluding diaryl/α,β-unsaturated/α-hetero) is 1. The van der Waals surface area contributed by atoms with Gasteiger partial charge in [0.25, 0.3) is 0 Å². The van der Waals surface area contributed by atoms with Gasteiger partial charge in [-0.15, -0.1) is 11.3 Å². The molecule has 0 radical (unpaired) electrons. The molecule has 0 fully saturated rings. The van der Waals surface area contributed by atoms with Crippen molar-refractivity contribution in [1.82, 2.24) is 0 Å². The molecule has 0 amide bonds. The number of halogens is 1. The summed E-state index contributed by atoms with van der Waals surface area (Å²) in [5, 5.41) is 2.01. The fourth-order valence-corrected chi connectivity index (χ4v) is 2.46. The molecule has 2 aromatic rings. The summed E-state index contributed by atoms with van der Waals surface area (Å²) in [5.41, 5.74) is 0.783. The molecule has 0 aliphatic heterocycles. The summed E-state index contributed by atoms with van der Waals surface area (Å²) in [6.45, 7) is 3.55. The molecule has 0 aliphatic rings. The highest BCUT2D eigenvalue weighted by atomic mass is 32.1. The molecule has 0 saturated carbocycles. The van der Waals surface area contributed by atoms with Gasteiger partial charge < -0.3 is 4.74 Å². The van der Waals surface area contributed by atoms with Gasteiger partial charge in [0.05, 0.1) is 12.2 Å². The minimum absolute atomic E-state index is 0.190. The maximum Gasteiger partial charge on any atom is 0.163 e. The van der Waals surface area contributed by atoms with E-state index in [1.54, 1.807) is 24.3 Å². The van der Waals surface area contributed by atoms with Gasteiger partial charge in [0.15, 0.2) is 5.78 Å². The van der Waals surface area contributed by atoms with E-state index < -0.39 is 0 Å². The van der Waals surface area contributed by atoms with Crippen molar-refractivity contribution in [2.24, 2.45) is 0 Å². The van der Waals surface area contributed by atoms with Gasteiger partial charge in [0, 0.05) is 11.3 Å². The van der Waals surface area contributed by atoms with E-state index in [0.717, 1.165) is 6.42 Å². The standard InChI is InChI=1S/C15H15FO2S/c1-10-8-15(13(11(2)17)9-14(10)16)18-6-5-12-4-3-7-19-12/h3-4,7-9H,5-6H2,1-2H3. The normalized spacial score (nSPS) is 10.5. The zero-order valence-electron chi connectivity index (χ0n) is 10.9. The van der Waals surface area contributed by atoms with Gasteiger partial charge >= 0.3 is 0 Å². The molecule has 0 N–H and O–H groups in total. The van der Waals surface area contributed by atoms with Crippen LogP contribution in [0.4, 0.5) is 4.39 Å². The molecule has 19 heavy (non-hydrogen) atoms. The Morgan fingerprint density at radius 3 is 2.84 bits per heavy atom. The van der Waals surface area contributed by atoms with Crippen LogP contribution in [-0.4, -0.2) is 12.4 Å². The van der Waals surface area contributed by atoms with Crippen LogP contribution in [0, 0.1) is 12.7 Å². The summed E-state index contributed by atoms with van der Waals surface area (Å²) in [7, 11) is 0. The Hall–Kier alpha value is -1.68. The molecule has 0 aliphatic carbocycles. The number of ether oxygens (including phenoxy) is 1. The lowest BCUT2D eigenvalue weighted by Gasteiger charge is -2.11. The number of thiophene rings is 1. The van der Waals surface area contributed by atoms with Gasteiger partial charge in [-0.3, -0.25) is 4.79 Å². The molecule has 0 bridgehead atoms. The van der Waals surface area contributed by atoms with Crippen molar-refractivity contribution in [2.75, 3.05) is 6.61 Å². The Balaban J connectivity index is 2.10. The van der Waals surface area contributed by atoms with E-state index in [0.29, 0.717) is 23.5 Å². The first-order chi connectivity index (χ1) is 9.08. The third-order valence-corrected chi connectivity index (χ3v) is 3.76. The van der Waals surface area contributed by atoms with Crippen LogP contribution in [0.2, 0.25) is 0 Å². The maximum absolute atomic E-state index is 13.5. The molecule has 2 nitrogen and oxygen atoms in total. The first-order valence-electron chi connectivity index (χ1n) is 6.04. The van der Waals surface area contributed by atoms with Crippen molar-refractivity contribution in [3.63, 3.8) is 0 Å². The number of hydrogen-bond acceptors (Lipinski definition) is 3. The molecule has 0 saturated heterocycles. The summed E-state index contributed by atoms with van der Waals surface area (Å²) >= 11 is 1.67. The molecule has 100 valence electrons. The number of aryl methyl sites for hydroxylation is 1. The molecule has 1 heterocycles. The second-order valence-electron chi connectivity index (χ2n) is 4.33. The highest BCUT2D eigenvalue weighted by molar-refractivity contribution is 7.09. The lowest BCUT2D eigenvalue weighted by atomic mass is 10.1. The summed E-state index contributed by atoms with van der Waals surface area (Å²) in [6, 6.07) is 6.86. The van der Waals surface area contributed by atoms with E-state index in [-0.39, 0.29) is 11.6 Å². The largest absolute Gasteiger partial charge is 0.492 e. The molecular weight excluding hydrogens is 263 g/mol. The van der Waals surface area contributed by atoms with E-state index in [1.165, 1.54) is 17.9 Å². The molecule has 4 heteroatoms. The van der Waals surface area contributed by atoms with Crippen LogP contribution in [0.15, 0.2) is 29.6 Å². The first kappa shape index (κ1) is 13.7. The van der Waals surface area contributed by atoms with Gasteiger partial charge in [-0.05, 0) is 43.0 Å². The Bertz CT molecular complexity index is 576. The van der Waals surface area contributed by atoms with Crippen LogP contribution < -0.4 is 4.74 Å². The molecule has 0 unspecified atom stereocenters. The van der Waals surface area contributed by atoms with Crippen LogP contribution in [0.5, 0.6) is 5.75 Å². The molecule has 2 rings (SSSR count). The van der Waals surface area contributed by atoms with Crippen LogP contribution in [0.25, 0.3) is 0 Å². The quantitative estimate of drug-likeness (QED) is 0.772. The monoisotopic (exact) mass is 278 g/mol. The fraction of sp³-hybridized carbons (Fsp3) is 0.267. The van der Waals surface area contributed by atoms with E-state index in [9.17, 15) is 9.18 Å². The van der Waals surface area contributed by atoms with Crippen LogP contribution in [0.1, 0.15) is 27.7 Å². The number of rotatable bonds is 5. The molecule has 1 aromatic carbocycles. The minimum Gasteiger partial charge on any atom is -0.492 e. The average Bonchev–Trinajstić information content (AvgIpc) is 2.86. The number of benzene rings is 1. The van der Waals surface area contributed by atoms with Crippen molar-refractivity contribution >= 4 is 17.1 Å². The Morgan fingerprint density at radius 2 is 2.21 bits per heavy atom. The zero-order chi connectivity index (χ0) is 13.8. The molecule has 0 spiro atoms. The van der Waals surface area contributed by atoms with Gasteiger partial charge in [-0.25, -0.2) is 4.39 Å². The highest BCUT2D eigenvalue weighted by Gasteiger charge is 2.12. The van der Waals surface area contributed by atoms with Crippen molar-refractivity contribution in [3.8, 4) is 5.75 Å². The topological polar surface area (TPSA) is 26.3 Å². The van der Waals surface area contributed by atoms with Gasteiger partial charge in [-0.1, -0.05) is 6.07 Å².